The van der Waals surface area contributed by atoms with E-state index >= 15 is 0 Å². The van der Waals surface area contributed by atoms with Gasteiger partial charge in [-0.15, -0.1) is 0 Å². The smallest absolute Gasteiger partial charge is 0.339 e. The molecule has 0 aliphatic carbocycles. The van der Waals surface area contributed by atoms with Crippen LogP contribution >= 0.6 is 0 Å². The van der Waals surface area contributed by atoms with Crippen LogP contribution in [-0.4, -0.2) is 24.1 Å². The third-order valence-corrected chi connectivity index (χ3v) is 5.44. The van der Waals surface area contributed by atoms with Crippen molar-refractivity contribution in [1.29, 1.82) is 5.26 Å². The maximum atomic E-state index is 14.3. The highest BCUT2D eigenvalue weighted by molar-refractivity contribution is 6.88. The molecule has 0 spiro atoms. The molecule has 0 radical (unpaired) electrons. The van der Waals surface area contributed by atoms with E-state index in [4.69, 9.17) is 10.4 Å². The molecule has 0 aliphatic heterocycles. The van der Waals surface area contributed by atoms with E-state index in [1.54, 1.807) is 6.07 Å². The maximum Gasteiger partial charge on any atom is 0.339 e. The van der Waals surface area contributed by atoms with Crippen molar-refractivity contribution in [1.82, 2.24) is 4.98 Å². The molecule has 2 N–H and O–H groups in total. The first-order chi connectivity index (χ1) is 11.1. The first-order valence-corrected chi connectivity index (χ1v) is 10.5. The summed E-state index contributed by atoms with van der Waals surface area (Å²) >= 11 is 0. The molecule has 0 bridgehead atoms. The van der Waals surface area contributed by atoms with Crippen LogP contribution in [0.3, 0.4) is 0 Å². The number of carboxylic acid groups (broad SMARTS) is 1. The minimum Gasteiger partial charge on any atom is -0.478 e. The van der Waals surface area contributed by atoms with Gasteiger partial charge in [-0.25, -0.2) is 18.6 Å². The zero-order chi connectivity index (χ0) is 18.1. The van der Waals surface area contributed by atoms with Gasteiger partial charge >= 0.3 is 5.97 Å². The van der Waals surface area contributed by atoms with Gasteiger partial charge in [0.25, 0.3) is 0 Å². The molecule has 1 aromatic carbocycles. The van der Waals surface area contributed by atoms with Crippen molar-refractivity contribution in [3.63, 3.8) is 0 Å². The second-order valence-electron chi connectivity index (χ2n) is 6.20. The lowest BCUT2D eigenvalue weighted by atomic mass is 10.2. The van der Waals surface area contributed by atoms with Crippen molar-refractivity contribution < 1.29 is 18.7 Å². The van der Waals surface area contributed by atoms with Gasteiger partial charge in [0.15, 0.2) is 11.5 Å². The van der Waals surface area contributed by atoms with Crippen LogP contribution in [0.25, 0.3) is 0 Å². The molecule has 0 atom stereocenters. The highest BCUT2D eigenvalue weighted by Gasteiger charge is 2.20. The monoisotopic (exact) mass is 347 g/mol. The van der Waals surface area contributed by atoms with E-state index < -0.39 is 36.9 Å². The largest absolute Gasteiger partial charge is 0.478 e. The first kappa shape index (κ1) is 17.6. The Balaban J connectivity index is 2.48. The van der Waals surface area contributed by atoms with Crippen LogP contribution in [0.15, 0.2) is 24.3 Å². The third-order valence-electron chi connectivity index (χ3n) is 3.40. The number of nitrogens with one attached hydrogen (secondary N) is 1. The summed E-state index contributed by atoms with van der Waals surface area (Å²) in [5.41, 5.74) is -1.05. The standard InChI is InChI=1S/C16H15F2N3O2Si/c1-24(2,3)9-4-5-13(11(17)6-9)20-15-10(16(22)23)7-12(18)14(8-19)21-15/h4-7H,1-3H3,(H,20,21)(H,22,23). The SMILES string of the molecule is C[Si](C)(C)c1ccc(Nc2nc(C#N)c(F)cc2C(=O)O)c(F)c1. The first-order valence-electron chi connectivity index (χ1n) is 7.04. The van der Waals surface area contributed by atoms with E-state index in [1.807, 2.05) is 0 Å². The molecule has 0 aliphatic rings. The van der Waals surface area contributed by atoms with Crippen LogP contribution in [0.2, 0.25) is 19.6 Å². The number of hydrogen-bond acceptors (Lipinski definition) is 4. The summed E-state index contributed by atoms with van der Waals surface area (Å²) in [5.74, 6) is -3.35. The molecule has 0 saturated heterocycles. The number of carboxylic acids is 1. The number of nitrogens with zero attached hydrogens (tertiary/aromatic N) is 2. The maximum absolute atomic E-state index is 14.3. The van der Waals surface area contributed by atoms with Gasteiger partial charge in [-0.2, -0.15) is 5.26 Å². The van der Waals surface area contributed by atoms with E-state index in [1.165, 1.54) is 18.2 Å². The van der Waals surface area contributed by atoms with Crippen molar-refractivity contribution in [2.24, 2.45) is 0 Å². The number of halogens is 2. The van der Waals surface area contributed by atoms with Gasteiger partial charge in [-0.05, 0) is 18.2 Å². The highest BCUT2D eigenvalue weighted by atomic mass is 28.3. The number of carbonyl (C=O) groups is 1. The molecule has 0 unspecified atom stereocenters. The molecule has 0 saturated carbocycles. The molecule has 5 nitrogen and oxygen atoms in total. The Hall–Kier alpha value is -2.79. The van der Waals surface area contributed by atoms with E-state index in [9.17, 15) is 13.6 Å². The topological polar surface area (TPSA) is 86.0 Å². The second kappa shape index (κ2) is 6.37. The molecule has 2 aromatic rings. The highest BCUT2D eigenvalue weighted by Crippen LogP contribution is 2.23. The summed E-state index contributed by atoms with van der Waals surface area (Å²) in [6.45, 7) is 6.20. The molecule has 1 heterocycles. The number of nitriles is 1. The summed E-state index contributed by atoms with van der Waals surface area (Å²) in [5, 5.41) is 21.4. The predicted octanol–water partition coefficient (Wildman–Crippen LogP) is 3.22. The summed E-state index contributed by atoms with van der Waals surface area (Å²) in [4.78, 5) is 14.9. The quantitative estimate of drug-likeness (QED) is 0.830. The molecular weight excluding hydrogens is 332 g/mol. The van der Waals surface area contributed by atoms with E-state index in [0.717, 1.165) is 5.19 Å². The van der Waals surface area contributed by atoms with Gasteiger partial charge in [0.1, 0.15) is 23.3 Å². The van der Waals surface area contributed by atoms with Crippen molar-refractivity contribution in [3.8, 4) is 6.07 Å². The zero-order valence-electron chi connectivity index (χ0n) is 13.3. The summed E-state index contributed by atoms with van der Waals surface area (Å²) in [6, 6.07) is 6.84. The summed E-state index contributed by atoms with van der Waals surface area (Å²) in [7, 11) is -1.70. The van der Waals surface area contributed by atoms with Crippen molar-refractivity contribution in [2.75, 3.05) is 5.32 Å². The molecule has 2 rings (SSSR count). The van der Waals surface area contributed by atoms with Crippen molar-refractivity contribution >= 4 is 30.7 Å². The lowest BCUT2D eigenvalue weighted by molar-refractivity contribution is 0.0697. The fourth-order valence-corrected chi connectivity index (χ4v) is 3.18. The van der Waals surface area contributed by atoms with Gasteiger partial charge in [0, 0.05) is 0 Å². The van der Waals surface area contributed by atoms with E-state index in [2.05, 4.69) is 29.9 Å². The Bertz CT molecular complexity index is 858. The van der Waals surface area contributed by atoms with Gasteiger partial charge < -0.3 is 10.4 Å². The number of anilines is 2. The van der Waals surface area contributed by atoms with Crippen LogP contribution < -0.4 is 10.5 Å². The zero-order valence-corrected chi connectivity index (χ0v) is 14.3. The summed E-state index contributed by atoms with van der Waals surface area (Å²) < 4.78 is 27.9. The molecule has 0 amide bonds. The van der Waals surface area contributed by atoms with Crippen LogP contribution in [0.4, 0.5) is 20.3 Å². The number of rotatable bonds is 4. The Morgan fingerprint density at radius 1 is 1.25 bits per heavy atom. The molecule has 8 heteroatoms. The van der Waals surface area contributed by atoms with Gasteiger partial charge in [-0.3, -0.25) is 0 Å². The number of pyridine rings is 1. The Morgan fingerprint density at radius 3 is 2.42 bits per heavy atom. The third kappa shape index (κ3) is 3.57. The van der Waals surface area contributed by atoms with Gasteiger partial charge in [-0.1, -0.05) is 30.9 Å². The van der Waals surface area contributed by atoms with Crippen LogP contribution in [-0.2, 0) is 0 Å². The molecule has 0 fully saturated rings. The molecule has 24 heavy (non-hydrogen) atoms. The molecular formula is C16H15F2N3O2Si. The number of benzene rings is 1. The summed E-state index contributed by atoms with van der Waals surface area (Å²) in [6.07, 6.45) is 0. The normalized spacial score (nSPS) is 11.0. The Kier molecular flexibility index (Phi) is 4.66. The van der Waals surface area contributed by atoms with Gasteiger partial charge in [0.2, 0.25) is 0 Å². The van der Waals surface area contributed by atoms with Crippen LogP contribution in [0.5, 0.6) is 0 Å². The van der Waals surface area contributed by atoms with E-state index in [0.29, 0.717) is 6.07 Å². The minimum absolute atomic E-state index is 0.00231. The fraction of sp³-hybridized carbons (Fsp3) is 0.188. The predicted molar refractivity (Wildman–Crippen MR) is 88.5 cm³/mol. The number of aromatic carboxylic acids is 1. The van der Waals surface area contributed by atoms with Crippen LogP contribution in [0, 0.1) is 23.0 Å². The fourth-order valence-electron chi connectivity index (χ4n) is 2.04. The molecule has 1 aromatic heterocycles. The lowest BCUT2D eigenvalue weighted by Gasteiger charge is -2.18. The van der Waals surface area contributed by atoms with Crippen molar-refractivity contribution in [2.45, 2.75) is 19.6 Å². The second-order valence-corrected chi connectivity index (χ2v) is 11.3. The van der Waals surface area contributed by atoms with Crippen LogP contribution in [0.1, 0.15) is 16.1 Å². The van der Waals surface area contributed by atoms with Gasteiger partial charge in [0.05, 0.1) is 13.8 Å². The average Bonchev–Trinajstić information content (AvgIpc) is 2.49. The average molecular weight is 347 g/mol. The Morgan fingerprint density at radius 2 is 1.92 bits per heavy atom. The Labute approximate surface area is 138 Å². The minimum atomic E-state index is -1.70. The number of aromatic nitrogens is 1. The van der Waals surface area contributed by atoms with E-state index in [-0.39, 0.29) is 11.5 Å². The van der Waals surface area contributed by atoms with Crippen molar-refractivity contribution in [3.05, 3.63) is 47.2 Å². The number of hydrogen-bond donors (Lipinski definition) is 2. The lowest BCUT2D eigenvalue weighted by Crippen LogP contribution is -2.37. The molecule has 124 valence electrons.